The predicted octanol–water partition coefficient (Wildman–Crippen LogP) is -0.270. The highest BCUT2D eigenvalue weighted by molar-refractivity contribution is 7.87. The maximum atomic E-state index is 12.1. The molecule has 0 spiro atoms. The lowest BCUT2D eigenvalue weighted by Gasteiger charge is -2.30. The van der Waals surface area contributed by atoms with Gasteiger partial charge in [-0.15, -0.1) is 0 Å². The molecule has 0 radical (unpaired) electrons. The molecule has 1 aromatic heterocycles. The zero-order chi connectivity index (χ0) is 14.6. The number of aliphatic hydroxyl groups is 1. The van der Waals surface area contributed by atoms with Gasteiger partial charge in [-0.2, -0.15) is 17.8 Å². The van der Waals surface area contributed by atoms with Crippen LogP contribution in [0.4, 0.5) is 0 Å². The van der Waals surface area contributed by atoms with E-state index in [0.29, 0.717) is 26.2 Å². The second-order valence-electron chi connectivity index (χ2n) is 5.21. The van der Waals surface area contributed by atoms with Crippen LogP contribution in [0.3, 0.4) is 0 Å². The first-order valence-electron chi connectivity index (χ1n) is 6.86. The zero-order valence-electron chi connectivity index (χ0n) is 11.7. The van der Waals surface area contributed by atoms with Crippen molar-refractivity contribution < 1.29 is 13.5 Å². The standard InChI is InChI=1S/C12H22N4O3S/c1-11-8-13-15(9-11)7-4-14-20(18,19)16-5-2-12(10-17)3-6-16/h8-9,12,14,17H,2-7,10H2,1H3. The summed E-state index contributed by atoms with van der Waals surface area (Å²) in [6.45, 7) is 3.87. The Labute approximate surface area is 119 Å². The summed E-state index contributed by atoms with van der Waals surface area (Å²) in [5.74, 6) is 0.230. The van der Waals surface area contributed by atoms with Crippen molar-refractivity contribution in [2.24, 2.45) is 5.92 Å². The van der Waals surface area contributed by atoms with Gasteiger partial charge < -0.3 is 5.11 Å². The number of hydrogen-bond acceptors (Lipinski definition) is 4. The molecule has 2 rings (SSSR count). The fraction of sp³-hybridized carbons (Fsp3) is 0.750. The van der Waals surface area contributed by atoms with Crippen molar-refractivity contribution in [2.75, 3.05) is 26.2 Å². The van der Waals surface area contributed by atoms with Crippen molar-refractivity contribution in [3.63, 3.8) is 0 Å². The van der Waals surface area contributed by atoms with Gasteiger partial charge in [-0.1, -0.05) is 0 Å². The van der Waals surface area contributed by atoms with Crippen LogP contribution in [-0.4, -0.2) is 53.9 Å². The van der Waals surface area contributed by atoms with Crippen molar-refractivity contribution >= 4 is 10.2 Å². The highest BCUT2D eigenvalue weighted by Crippen LogP contribution is 2.18. The molecule has 0 saturated carbocycles. The quantitative estimate of drug-likeness (QED) is 0.757. The number of rotatable bonds is 6. The monoisotopic (exact) mass is 302 g/mol. The Kier molecular flexibility index (Phi) is 5.14. The van der Waals surface area contributed by atoms with Gasteiger partial charge in [-0.3, -0.25) is 4.68 Å². The van der Waals surface area contributed by atoms with Crippen LogP contribution in [-0.2, 0) is 16.8 Å². The number of nitrogens with one attached hydrogen (secondary N) is 1. The Hall–Kier alpha value is -0.960. The van der Waals surface area contributed by atoms with E-state index < -0.39 is 10.2 Å². The molecule has 0 bridgehead atoms. The fourth-order valence-electron chi connectivity index (χ4n) is 2.30. The minimum atomic E-state index is -3.42. The molecule has 8 heteroatoms. The van der Waals surface area contributed by atoms with Crippen LogP contribution in [0.5, 0.6) is 0 Å². The van der Waals surface area contributed by atoms with E-state index in [1.54, 1.807) is 10.9 Å². The molecule has 1 aliphatic rings. The van der Waals surface area contributed by atoms with Gasteiger partial charge in [0.05, 0.1) is 12.7 Å². The summed E-state index contributed by atoms with van der Waals surface area (Å²) in [4.78, 5) is 0. The molecular formula is C12H22N4O3S. The second-order valence-corrected chi connectivity index (χ2v) is 6.96. The third kappa shape index (κ3) is 4.02. The van der Waals surface area contributed by atoms with Gasteiger partial charge in [-0.25, -0.2) is 4.72 Å². The summed E-state index contributed by atoms with van der Waals surface area (Å²) in [6.07, 6.45) is 5.06. The largest absolute Gasteiger partial charge is 0.396 e. The molecule has 0 atom stereocenters. The van der Waals surface area contributed by atoms with Gasteiger partial charge in [0.15, 0.2) is 0 Å². The van der Waals surface area contributed by atoms with Crippen LogP contribution >= 0.6 is 0 Å². The SMILES string of the molecule is Cc1cnn(CCNS(=O)(=O)N2CCC(CO)CC2)c1. The van der Waals surface area contributed by atoms with Crippen LogP contribution < -0.4 is 4.72 Å². The number of nitrogens with zero attached hydrogens (tertiary/aromatic N) is 3. The molecule has 1 aromatic rings. The first kappa shape index (κ1) is 15.4. The Morgan fingerprint density at radius 1 is 1.45 bits per heavy atom. The van der Waals surface area contributed by atoms with Gasteiger partial charge in [0.1, 0.15) is 0 Å². The molecule has 2 N–H and O–H groups in total. The van der Waals surface area contributed by atoms with Gasteiger partial charge in [0, 0.05) is 32.4 Å². The summed E-state index contributed by atoms with van der Waals surface area (Å²) >= 11 is 0. The van der Waals surface area contributed by atoms with Crippen molar-refractivity contribution in [2.45, 2.75) is 26.3 Å². The Morgan fingerprint density at radius 3 is 2.70 bits per heavy atom. The first-order valence-corrected chi connectivity index (χ1v) is 8.30. The number of aliphatic hydroxyl groups excluding tert-OH is 1. The molecule has 1 fully saturated rings. The zero-order valence-corrected chi connectivity index (χ0v) is 12.5. The van der Waals surface area contributed by atoms with E-state index in [9.17, 15) is 8.42 Å². The van der Waals surface area contributed by atoms with E-state index in [2.05, 4.69) is 9.82 Å². The van der Waals surface area contributed by atoms with Crippen molar-refractivity contribution in [3.05, 3.63) is 18.0 Å². The maximum absolute atomic E-state index is 12.1. The molecule has 0 aliphatic carbocycles. The van der Waals surface area contributed by atoms with Gasteiger partial charge in [0.2, 0.25) is 0 Å². The number of hydrogen-bond donors (Lipinski definition) is 2. The third-order valence-corrected chi connectivity index (χ3v) is 5.17. The van der Waals surface area contributed by atoms with E-state index in [-0.39, 0.29) is 12.5 Å². The van der Waals surface area contributed by atoms with Gasteiger partial charge in [0.25, 0.3) is 10.2 Å². The number of aryl methyl sites for hydroxylation is 1. The average molecular weight is 302 g/mol. The number of aromatic nitrogens is 2. The van der Waals surface area contributed by atoms with Crippen molar-refractivity contribution in [1.82, 2.24) is 18.8 Å². The predicted molar refractivity (Wildman–Crippen MR) is 75.3 cm³/mol. The van der Waals surface area contributed by atoms with E-state index >= 15 is 0 Å². The van der Waals surface area contributed by atoms with Crippen LogP contribution in [0.2, 0.25) is 0 Å². The molecule has 1 aliphatic heterocycles. The summed E-state index contributed by atoms with van der Waals surface area (Å²) < 4.78 is 30.0. The van der Waals surface area contributed by atoms with Crippen molar-refractivity contribution in [3.8, 4) is 0 Å². The summed E-state index contributed by atoms with van der Waals surface area (Å²) in [7, 11) is -3.42. The molecule has 20 heavy (non-hydrogen) atoms. The van der Waals surface area contributed by atoms with Gasteiger partial charge in [-0.05, 0) is 31.2 Å². The molecule has 0 aromatic carbocycles. The molecule has 7 nitrogen and oxygen atoms in total. The highest BCUT2D eigenvalue weighted by Gasteiger charge is 2.27. The lowest BCUT2D eigenvalue weighted by molar-refractivity contribution is 0.169. The maximum Gasteiger partial charge on any atom is 0.279 e. The van der Waals surface area contributed by atoms with E-state index in [0.717, 1.165) is 18.4 Å². The average Bonchev–Trinajstić information content (AvgIpc) is 2.84. The fourth-order valence-corrected chi connectivity index (χ4v) is 3.53. The minimum Gasteiger partial charge on any atom is -0.396 e. The summed E-state index contributed by atoms with van der Waals surface area (Å²) in [5, 5.41) is 13.2. The Balaban J connectivity index is 1.79. The smallest absolute Gasteiger partial charge is 0.279 e. The molecule has 0 unspecified atom stereocenters. The van der Waals surface area contributed by atoms with E-state index in [4.69, 9.17) is 5.11 Å². The highest BCUT2D eigenvalue weighted by atomic mass is 32.2. The van der Waals surface area contributed by atoms with Crippen LogP contribution in [0.25, 0.3) is 0 Å². The lowest BCUT2D eigenvalue weighted by atomic mass is 10.00. The third-order valence-electron chi connectivity index (χ3n) is 3.56. The molecular weight excluding hydrogens is 280 g/mol. The van der Waals surface area contributed by atoms with E-state index in [1.807, 2.05) is 13.1 Å². The first-order chi connectivity index (χ1) is 9.51. The van der Waals surface area contributed by atoms with Gasteiger partial charge >= 0.3 is 0 Å². The topological polar surface area (TPSA) is 87.5 Å². The molecule has 2 heterocycles. The molecule has 0 amide bonds. The summed E-state index contributed by atoms with van der Waals surface area (Å²) in [6, 6.07) is 0. The lowest BCUT2D eigenvalue weighted by Crippen LogP contribution is -2.46. The molecule has 114 valence electrons. The normalized spacial score (nSPS) is 18.5. The second kappa shape index (κ2) is 6.66. The van der Waals surface area contributed by atoms with Crippen LogP contribution in [0.1, 0.15) is 18.4 Å². The molecule has 1 saturated heterocycles. The summed E-state index contributed by atoms with van der Waals surface area (Å²) in [5.41, 5.74) is 1.05. The number of piperidine rings is 1. The van der Waals surface area contributed by atoms with Crippen LogP contribution in [0, 0.1) is 12.8 Å². The Bertz CT molecular complexity index is 521. The minimum absolute atomic E-state index is 0.139. The van der Waals surface area contributed by atoms with Crippen molar-refractivity contribution in [1.29, 1.82) is 0 Å². The Morgan fingerprint density at radius 2 is 2.15 bits per heavy atom. The van der Waals surface area contributed by atoms with Crippen LogP contribution in [0.15, 0.2) is 12.4 Å². The van der Waals surface area contributed by atoms with E-state index in [1.165, 1.54) is 4.31 Å².